The number of rotatable bonds is 2. The van der Waals surface area contributed by atoms with Gasteiger partial charge in [0.15, 0.2) is 0 Å². The van der Waals surface area contributed by atoms with Crippen molar-refractivity contribution in [1.29, 1.82) is 0 Å². The van der Waals surface area contributed by atoms with Gasteiger partial charge in [0.25, 0.3) is 0 Å². The lowest BCUT2D eigenvalue weighted by Crippen LogP contribution is -2.02. The Hall–Kier alpha value is -2.73. The third-order valence-electron chi connectivity index (χ3n) is 2.74. The van der Waals surface area contributed by atoms with Crippen LogP contribution in [0.3, 0.4) is 0 Å². The zero-order valence-electron chi connectivity index (χ0n) is 11.3. The molecule has 2 aromatic carbocycles. The Morgan fingerprint density at radius 2 is 1.75 bits per heavy atom. The zero-order chi connectivity index (χ0) is 14.4. The largest absolute Gasteiger partial charge is 0.495 e. The van der Waals surface area contributed by atoms with E-state index in [0.717, 1.165) is 5.56 Å². The first-order valence-corrected chi connectivity index (χ1v) is 6.08. The summed E-state index contributed by atoms with van der Waals surface area (Å²) in [7, 11) is 2.92. The maximum absolute atomic E-state index is 11.5. The smallest absolute Gasteiger partial charge is 0.337 e. The van der Waals surface area contributed by atoms with Crippen LogP contribution in [-0.2, 0) is 4.74 Å². The van der Waals surface area contributed by atoms with Crippen molar-refractivity contribution in [3.05, 3.63) is 65.2 Å². The summed E-state index contributed by atoms with van der Waals surface area (Å²) >= 11 is 0. The Labute approximate surface area is 118 Å². The van der Waals surface area contributed by atoms with Crippen molar-refractivity contribution in [2.45, 2.75) is 0 Å². The number of carbonyl (C=O) groups excluding carboxylic acids is 1. The lowest BCUT2D eigenvalue weighted by atomic mass is 10.1. The Bertz CT molecular complexity index is 664. The summed E-state index contributed by atoms with van der Waals surface area (Å²) in [5.74, 6) is 6.29. The number of hydrogen-bond acceptors (Lipinski definition) is 3. The molecule has 0 saturated heterocycles. The Morgan fingerprint density at radius 3 is 2.40 bits per heavy atom. The lowest BCUT2D eigenvalue weighted by molar-refractivity contribution is 0.0600. The molecule has 0 N–H and O–H groups in total. The molecule has 20 heavy (non-hydrogen) atoms. The van der Waals surface area contributed by atoms with E-state index in [-0.39, 0.29) is 0 Å². The second-order valence-corrected chi connectivity index (χ2v) is 4.02. The first-order chi connectivity index (χ1) is 9.74. The SMILES string of the molecule is COC(=O)c1ccc(OC)c(C#Cc2ccccc2)c1. The quantitative estimate of drug-likeness (QED) is 0.619. The minimum Gasteiger partial charge on any atom is -0.495 e. The molecule has 0 aromatic heterocycles. The van der Waals surface area contributed by atoms with Gasteiger partial charge in [-0.25, -0.2) is 4.79 Å². The molecule has 100 valence electrons. The third-order valence-corrected chi connectivity index (χ3v) is 2.74. The van der Waals surface area contributed by atoms with Crippen LogP contribution in [0, 0.1) is 11.8 Å². The van der Waals surface area contributed by atoms with Gasteiger partial charge in [0.05, 0.1) is 25.3 Å². The summed E-state index contributed by atoms with van der Waals surface area (Å²) < 4.78 is 9.95. The zero-order valence-corrected chi connectivity index (χ0v) is 11.3. The van der Waals surface area contributed by atoms with E-state index in [1.54, 1.807) is 25.3 Å². The highest BCUT2D eigenvalue weighted by atomic mass is 16.5. The predicted octanol–water partition coefficient (Wildman–Crippen LogP) is 2.88. The van der Waals surface area contributed by atoms with Crippen LogP contribution in [0.25, 0.3) is 0 Å². The highest BCUT2D eigenvalue weighted by molar-refractivity contribution is 5.90. The highest BCUT2D eigenvalue weighted by Crippen LogP contribution is 2.19. The second-order valence-electron chi connectivity index (χ2n) is 4.02. The summed E-state index contributed by atoms with van der Waals surface area (Å²) in [5, 5.41) is 0. The first kappa shape index (κ1) is 13.7. The van der Waals surface area contributed by atoms with E-state index in [1.165, 1.54) is 7.11 Å². The Morgan fingerprint density at radius 1 is 1.00 bits per heavy atom. The minimum absolute atomic E-state index is 0.393. The molecular formula is C17H14O3. The number of esters is 1. The number of ether oxygens (including phenoxy) is 2. The second kappa shape index (κ2) is 6.44. The molecule has 0 aliphatic rings. The van der Waals surface area contributed by atoms with Crippen molar-refractivity contribution in [1.82, 2.24) is 0 Å². The molecule has 0 heterocycles. The maximum Gasteiger partial charge on any atom is 0.337 e. The average molecular weight is 266 g/mol. The minimum atomic E-state index is -0.393. The van der Waals surface area contributed by atoms with Gasteiger partial charge in [-0.15, -0.1) is 0 Å². The molecule has 2 aromatic rings. The molecule has 0 aliphatic carbocycles. The van der Waals surface area contributed by atoms with Crippen LogP contribution in [0.2, 0.25) is 0 Å². The molecule has 3 heteroatoms. The third kappa shape index (κ3) is 3.18. The molecule has 0 aliphatic heterocycles. The molecule has 0 unspecified atom stereocenters. The predicted molar refractivity (Wildman–Crippen MR) is 76.8 cm³/mol. The summed E-state index contributed by atoms with van der Waals surface area (Å²) in [4.78, 5) is 11.5. The number of hydrogen-bond donors (Lipinski definition) is 0. The number of methoxy groups -OCH3 is 2. The lowest BCUT2D eigenvalue weighted by Gasteiger charge is -2.05. The highest BCUT2D eigenvalue weighted by Gasteiger charge is 2.08. The van der Waals surface area contributed by atoms with E-state index in [9.17, 15) is 4.79 Å². The summed E-state index contributed by atoms with van der Waals surface area (Å²) in [6.45, 7) is 0. The molecule has 0 bridgehead atoms. The molecule has 0 saturated carbocycles. The van der Waals surface area contributed by atoms with Crippen LogP contribution < -0.4 is 4.74 Å². The topological polar surface area (TPSA) is 35.5 Å². The molecule has 3 nitrogen and oxygen atoms in total. The van der Waals surface area contributed by atoms with Crippen molar-refractivity contribution in [2.24, 2.45) is 0 Å². The number of benzene rings is 2. The summed E-state index contributed by atoms with van der Waals surface area (Å²) in [6, 6.07) is 14.6. The fourth-order valence-electron chi connectivity index (χ4n) is 1.71. The molecule has 0 amide bonds. The van der Waals surface area contributed by atoms with E-state index >= 15 is 0 Å². The Balaban J connectivity index is 2.39. The fourth-order valence-corrected chi connectivity index (χ4v) is 1.71. The van der Waals surface area contributed by atoms with Crippen LogP contribution >= 0.6 is 0 Å². The molecule has 0 atom stereocenters. The van der Waals surface area contributed by atoms with Crippen molar-refractivity contribution in [3.8, 4) is 17.6 Å². The Kier molecular flexibility index (Phi) is 4.41. The van der Waals surface area contributed by atoms with Crippen molar-refractivity contribution >= 4 is 5.97 Å². The van der Waals surface area contributed by atoms with Crippen LogP contribution in [0.1, 0.15) is 21.5 Å². The van der Waals surface area contributed by atoms with E-state index in [0.29, 0.717) is 16.9 Å². The normalized spacial score (nSPS) is 9.30. The van der Waals surface area contributed by atoms with E-state index in [2.05, 4.69) is 11.8 Å². The van der Waals surface area contributed by atoms with Gasteiger partial charge in [0, 0.05) is 5.56 Å². The average Bonchev–Trinajstić information content (AvgIpc) is 2.52. The fraction of sp³-hybridized carbons (Fsp3) is 0.118. The van der Waals surface area contributed by atoms with Crippen molar-refractivity contribution in [2.75, 3.05) is 14.2 Å². The van der Waals surface area contributed by atoms with E-state index in [1.807, 2.05) is 30.3 Å². The van der Waals surface area contributed by atoms with Crippen molar-refractivity contribution < 1.29 is 14.3 Å². The first-order valence-electron chi connectivity index (χ1n) is 6.08. The molecule has 0 fully saturated rings. The van der Waals surface area contributed by atoms with Gasteiger partial charge in [-0.05, 0) is 30.3 Å². The van der Waals surface area contributed by atoms with Crippen LogP contribution in [0.15, 0.2) is 48.5 Å². The van der Waals surface area contributed by atoms with Gasteiger partial charge in [-0.3, -0.25) is 0 Å². The van der Waals surface area contributed by atoms with Crippen LogP contribution in [-0.4, -0.2) is 20.2 Å². The standard InChI is InChI=1S/C17H14O3/c1-19-16-11-10-15(17(18)20-2)12-14(16)9-8-13-6-4-3-5-7-13/h3-7,10-12H,1-2H3. The van der Waals surface area contributed by atoms with E-state index < -0.39 is 5.97 Å². The van der Waals surface area contributed by atoms with Crippen LogP contribution in [0.5, 0.6) is 5.75 Å². The van der Waals surface area contributed by atoms with E-state index in [4.69, 9.17) is 9.47 Å². The number of carbonyl (C=O) groups is 1. The summed E-state index contributed by atoms with van der Waals surface area (Å²) in [5.41, 5.74) is 2.00. The monoisotopic (exact) mass is 266 g/mol. The van der Waals surface area contributed by atoms with Gasteiger partial charge >= 0.3 is 5.97 Å². The molecule has 2 rings (SSSR count). The molecule has 0 spiro atoms. The van der Waals surface area contributed by atoms with Gasteiger partial charge in [0.1, 0.15) is 5.75 Å². The van der Waals surface area contributed by atoms with Gasteiger partial charge in [0.2, 0.25) is 0 Å². The van der Waals surface area contributed by atoms with Gasteiger partial charge in [-0.1, -0.05) is 30.0 Å². The molecule has 0 radical (unpaired) electrons. The van der Waals surface area contributed by atoms with Gasteiger partial charge < -0.3 is 9.47 Å². The summed E-state index contributed by atoms with van der Waals surface area (Å²) in [6.07, 6.45) is 0. The van der Waals surface area contributed by atoms with Crippen molar-refractivity contribution in [3.63, 3.8) is 0 Å². The maximum atomic E-state index is 11.5. The van der Waals surface area contributed by atoms with Crippen LogP contribution in [0.4, 0.5) is 0 Å². The van der Waals surface area contributed by atoms with Gasteiger partial charge in [-0.2, -0.15) is 0 Å². The molecular weight excluding hydrogens is 252 g/mol.